The number of halogens is 1. The number of nitrogens with one attached hydrogen (secondary N) is 1. The van der Waals surface area contributed by atoms with Gasteiger partial charge in [0.1, 0.15) is 35.2 Å². The number of likely N-dealkylation sites (tertiary alicyclic amines) is 1. The van der Waals surface area contributed by atoms with E-state index in [1.165, 1.54) is 37.7 Å². The molecule has 0 aliphatic carbocycles. The number of aromatic nitrogens is 5. The molecule has 0 atom stereocenters. The third-order valence-electron chi connectivity index (χ3n) is 7.58. The first-order valence-electron chi connectivity index (χ1n) is 13.7. The lowest BCUT2D eigenvalue weighted by Gasteiger charge is -2.29. The van der Waals surface area contributed by atoms with Gasteiger partial charge >= 0.3 is 0 Å². The Morgan fingerprint density at radius 1 is 1.05 bits per heavy atom. The second-order valence-electron chi connectivity index (χ2n) is 10.4. The van der Waals surface area contributed by atoms with Crippen molar-refractivity contribution in [3.05, 3.63) is 66.2 Å². The zero-order chi connectivity index (χ0) is 27.6. The zero-order valence-electron chi connectivity index (χ0n) is 22.8. The minimum atomic E-state index is -0.545. The van der Waals surface area contributed by atoms with E-state index in [0.29, 0.717) is 34.7 Å². The molecule has 1 aliphatic heterocycles. The maximum absolute atomic E-state index is 14.3. The molecule has 0 unspecified atom stereocenters. The van der Waals surface area contributed by atoms with Crippen molar-refractivity contribution in [2.24, 2.45) is 0 Å². The van der Waals surface area contributed by atoms with Crippen LogP contribution in [0.1, 0.15) is 24.8 Å². The number of hydrogen-bond acceptors (Lipinski definition) is 8. The van der Waals surface area contributed by atoms with E-state index in [4.69, 9.17) is 10.1 Å². The van der Waals surface area contributed by atoms with Crippen LogP contribution in [0.4, 0.5) is 16.0 Å². The normalized spacial score (nSPS) is 14.2. The number of nitrogens with zero attached hydrogens (tertiary/aromatic N) is 7. The largest absolute Gasteiger partial charge is 0.508 e. The van der Waals surface area contributed by atoms with Crippen molar-refractivity contribution < 1.29 is 9.50 Å². The molecule has 4 heterocycles. The third-order valence-corrected chi connectivity index (χ3v) is 7.58. The summed E-state index contributed by atoms with van der Waals surface area (Å²) >= 11 is 0. The van der Waals surface area contributed by atoms with E-state index in [2.05, 4.69) is 44.3 Å². The minimum Gasteiger partial charge on any atom is -0.508 e. The van der Waals surface area contributed by atoms with Crippen LogP contribution in [0.2, 0.25) is 0 Å². The van der Waals surface area contributed by atoms with E-state index in [1.54, 1.807) is 7.05 Å². The fourth-order valence-electron chi connectivity index (χ4n) is 5.56. The summed E-state index contributed by atoms with van der Waals surface area (Å²) in [5.74, 6) is 0.756. The first-order chi connectivity index (χ1) is 19.5. The molecule has 1 aliphatic rings. The van der Waals surface area contributed by atoms with Crippen LogP contribution in [-0.4, -0.2) is 75.0 Å². The van der Waals surface area contributed by atoms with Crippen molar-refractivity contribution in [3.63, 3.8) is 0 Å². The van der Waals surface area contributed by atoms with E-state index >= 15 is 0 Å². The summed E-state index contributed by atoms with van der Waals surface area (Å²) in [5, 5.41) is 19.8. The number of hydrogen-bond donors (Lipinski definition) is 2. The van der Waals surface area contributed by atoms with Crippen molar-refractivity contribution in [2.45, 2.75) is 25.8 Å². The third kappa shape index (κ3) is 5.14. The lowest BCUT2D eigenvalue weighted by Crippen LogP contribution is -2.37. The lowest BCUT2D eigenvalue weighted by atomic mass is 10.1. The maximum Gasteiger partial charge on any atom is 0.164 e. The van der Waals surface area contributed by atoms with E-state index in [9.17, 15) is 9.50 Å². The number of benzene rings is 2. The quantitative estimate of drug-likeness (QED) is 0.287. The first kappa shape index (κ1) is 25.9. The smallest absolute Gasteiger partial charge is 0.164 e. The SMILES string of the molecule is CNc1ncnc2c1c(-c1cc(O)cc(F)c1)nn2Cc1cc2ccccc2nc1N(C)CCN1CCCCC1. The Labute approximate surface area is 232 Å². The number of fused-ring (bicyclic) bond motifs is 2. The maximum atomic E-state index is 14.3. The van der Waals surface area contributed by atoms with Crippen LogP contribution in [0.5, 0.6) is 5.75 Å². The van der Waals surface area contributed by atoms with Gasteiger partial charge in [-0.3, -0.25) is 0 Å². The molecule has 0 saturated carbocycles. The Balaban J connectivity index is 1.43. The predicted molar refractivity (Wildman–Crippen MR) is 156 cm³/mol. The zero-order valence-corrected chi connectivity index (χ0v) is 22.8. The molecule has 0 amide bonds. The summed E-state index contributed by atoms with van der Waals surface area (Å²) in [7, 11) is 3.86. The van der Waals surface area contributed by atoms with Gasteiger partial charge in [0.15, 0.2) is 5.65 Å². The minimum absolute atomic E-state index is 0.170. The summed E-state index contributed by atoms with van der Waals surface area (Å²) in [6.07, 6.45) is 5.33. The fraction of sp³-hybridized carbons (Fsp3) is 0.333. The molecule has 0 radical (unpaired) electrons. The number of likely N-dealkylation sites (N-methyl/N-ethyl adjacent to an activating group) is 1. The molecule has 0 bridgehead atoms. The van der Waals surface area contributed by atoms with Gasteiger partial charge in [-0.1, -0.05) is 24.6 Å². The van der Waals surface area contributed by atoms with Gasteiger partial charge in [-0.05, 0) is 50.2 Å². The van der Waals surface area contributed by atoms with Crippen LogP contribution >= 0.6 is 0 Å². The van der Waals surface area contributed by atoms with Gasteiger partial charge in [0.05, 0.1) is 17.4 Å². The summed E-state index contributed by atoms with van der Waals surface area (Å²) in [4.78, 5) is 18.8. The monoisotopic (exact) mass is 540 g/mol. The van der Waals surface area contributed by atoms with Crippen LogP contribution in [0.3, 0.4) is 0 Å². The number of para-hydroxylation sites is 1. The Hall–Kier alpha value is -4.31. The van der Waals surface area contributed by atoms with Crippen LogP contribution < -0.4 is 10.2 Å². The number of piperidine rings is 1. The van der Waals surface area contributed by atoms with Crippen molar-refractivity contribution in [3.8, 4) is 17.0 Å². The average molecular weight is 541 g/mol. The topological polar surface area (TPSA) is 95.2 Å². The van der Waals surface area contributed by atoms with Crippen molar-refractivity contribution in [1.82, 2.24) is 29.6 Å². The molecule has 3 aromatic heterocycles. The number of aromatic hydroxyl groups is 1. The van der Waals surface area contributed by atoms with Gasteiger partial charge in [0.2, 0.25) is 0 Å². The second kappa shape index (κ2) is 11.1. The van der Waals surface area contributed by atoms with Gasteiger partial charge in [-0.2, -0.15) is 5.10 Å². The van der Waals surface area contributed by atoms with E-state index < -0.39 is 5.82 Å². The van der Waals surface area contributed by atoms with Crippen molar-refractivity contribution >= 4 is 33.6 Å². The van der Waals surface area contributed by atoms with Gasteiger partial charge in [-0.25, -0.2) is 24.0 Å². The molecule has 1 fully saturated rings. The molecule has 6 rings (SSSR count). The predicted octanol–water partition coefficient (Wildman–Crippen LogP) is 4.90. The van der Waals surface area contributed by atoms with Crippen molar-refractivity contribution in [1.29, 1.82) is 0 Å². The Morgan fingerprint density at radius 2 is 1.88 bits per heavy atom. The average Bonchev–Trinajstić information content (AvgIpc) is 3.34. The molecule has 206 valence electrons. The van der Waals surface area contributed by atoms with Crippen LogP contribution in [0, 0.1) is 5.82 Å². The number of anilines is 2. The van der Waals surface area contributed by atoms with E-state index in [-0.39, 0.29) is 5.75 Å². The first-order valence-corrected chi connectivity index (χ1v) is 13.7. The Morgan fingerprint density at radius 3 is 2.67 bits per heavy atom. The van der Waals surface area contributed by atoms with E-state index in [1.807, 2.05) is 22.9 Å². The van der Waals surface area contributed by atoms with E-state index in [0.717, 1.165) is 54.5 Å². The van der Waals surface area contributed by atoms with Gasteiger partial charge in [-0.15, -0.1) is 0 Å². The number of phenolic OH excluding ortho intramolecular Hbond substituents is 1. The summed E-state index contributed by atoms with van der Waals surface area (Å²) in [6, 6.07) is 14.2. The van der Waals surface area contributed by atoms with Crippen LogP contribution in [0.15, 0.2) is 54.9 Å². The molecule has 5 aromatic rings. The highest BCUT2D eigenvalue weighted by Crippen LogP contribution is 2.34. The second-order valence-corrected chi connectivity index (χ2v) is 10.4. The van der Waals surface area contributed by atoms with Crippen molar-refractivity contribution in [2.75, 3.05) is 50.5 Å². The Bertz CT molecular complexity index is 1640. The number of pyridine rings is 1. The molecule has 40 heavy (non-hydrogen) atoms. The highest BCUT2D eigenvalue weighted by molar-refractivity contribution is 5.99. The summed E-state index contributed by atoms with van der Waals surface area (Å²) in [6.45, 7) is 4.55. The van der Waals surface area contributed by atoms with Gasteiger partial charge in [0.25, 0.3) is 0 Å². The molecular weight excluding hydrogens is 507 g/mol. The summed E-state index contributed by atoms with van der Waals surface area (Å²) < 4.78 is 16.1. The number of phenols is 1. The molecule has 10 heteroatoms. The van der Waals surface area contributed by atoms with Crippen LogP contribution in [0.25, 0.3) is 33.2 Å². The standard InChI is InChI=1S/C30H33FN8O/c1-32-28-26-27(21-15-23(31)17-24(40)16-21)36-39(30(26)34-19-33-28)18-22-14-20-8-4-5-9-25(20)35-29(22)37(2)12-13-38-10-6-3-7-11-38/h4-5,8-9,14-17,19,40H,3,6-7,10-13,18H2,1-2H3,(H,32,33,34). The van der Waals surface area contributed by atoms with Gasteiger partial charge < -0.3 is 20.2 Å². The summed E-state index contributed by atoms with van der Waals surface area (Å²) in [5.41, 5.74) is 3.48. The molecule has 0 spiro atoms. The molecule has 2 N–H and O–H groups in total. The highest BCUT2D eigenvalue weighted by atomic mass is 19.1. The highest BCUT2D eigenvalue weighted by Gasteiger charge is 2.21. The Kier molecular flexibility index (Phi) is 7.17. The molecule has 2 aromatic carbocycles. The lowest BCUT2D eigenvalue weighted by molar-refractivity contribution is 0.234. The molecule has 1 saturated heterocycles. The molecule has 9 nitrogen and oxygen atoms in total. The fourth-order valence-corrected chi connectivity index (χ4v) is 5.56. The van der Waals surface area contributed by atoms with Gasteiger partial charge in [0, 0.05) is 49.8 Å². The number of rotatable bonds is 8. The molecular formula is C30H33FN8O. The van der Waals surface area contributed by atoms with Crippen LogP contribution in [-0.2, 0) is 6.54 Å².